The Labute approximate surface area is 167 Å². The quantitative estimate of drug-likeness (QED) is 0.840. The van der Waals surface area contributed by atoms with Crippen LogP contribution in [0.4, 0.5) is 0 Å². The van der Waals surface area contributed by atoms with E-state index in [1.165, 1.54) is 11.1 Å². The molecule has 4 nitrogen and oxygen atoms in total. The molecule has 0 bridgehead atoms. The van der Waals surface area contributed by atoms with E-state index in [9.17, 15) is 10.2 Å². The molecule has 2 heterocycles. The molecule has 2 aromatic carbocycles. The minimum atomic E-state index is -0.600. The Balaban J connectivity index is 0.00000210. The SMILES string of the molecule is Cc1ccc(CC2(O)CCN(CC3Cc4cc(O)ccc4O3)CC2)cc1.Cl. The van der Waals surface area contributed by atoms with Gasteiger partial charge in [0.15, 0.2) is 0 Å². The molecule has 0 aromatic heterocycles. The summed E-state index contributed by atoms with van der Waals surface area (Å²) in [6, 6.07) is 13.8. The van der Waals surface area contributed by atoms with Crippen molar-refractivity contribution in [2.45, 2.75) is 44.3 Å². The van der Waals surface area contributed by atoms with Crippen LogP contribution in [0.15, 0.2) is 42.5 Å². The first-order chi connectivity index (χ1) is 12.5. The van der Waals surface area contributed by atoms with Gasteiger partial charge in [-0.25, -0.2) is 0 Å². The lowest BCUT2D eigenvalue weighted by molar-refractivity contribution is -0.0265. The van der Waals surface area contributed by atoms with Crippen LogP contribution in [-0.4, -0.2) is 46.5 Å². The van der Waals surface area contributed by atoms with E-state index in [0.717, 1.165) is 56.6 Å². The number of rotatable bonds is 4. The second kappa shape index (κ2) is 8.09. The lowest BCUT2D eigenvalue weighted by atomic mass is 9.85. The van der Waals surface area contributed by atoms with Crippen molar-refractivity contribution in [1.29, 1.82) is 0 Å². The predicted molar refractivity (Wildman–Crippen MR) is 109 cm³/mol. The highest BCUT2D eigenvalue weighted by Crippen LogP contribution is 2.33. The molecule has 0 radical (unpaired) electrons. The van der Waals surface area contributed by atoms with E-state index in [2.05, 4.69) is 36.1 Å². The summed E-state index contributed by atoms with van der Waals surface area (Å²) >= 11 is 0. The van der Waals surface area contributed by atoms with Crippen LogP contribution in [0.2, 0.25) is 0 Å². The van der Waals surface area contributed by atoms with Crippen LogP contribution in [0.5, 0.6) is 11.5 Å². The highest BCUT2D eigenvalue weighted by Gasteiger charge is 2.34. The third kappa shape index (κ3) is 4.75. The van der Waals surface area contributed by atoms with Crippen molar-refractivity contribution < 1.29 is 14.9 Å². The fraction of sp³-hybridized carbons (Fsp3) is 0.455. The van der Waals surface area contributed by atoms with Crippen LogP contribution in [0, 0.1) is 6.92 Å². The van der Waals surface area contributed by atoms with Crippen molar-refractivity contribution in [1.82, 2.24) is 4.90 Å². The lowest BCUT2D eigenvalue weighted by Crippen LogP contribution is -2.48. The number of piperidine rings is 1. The van der Waals surface area contributed by atoms with E-state index in [0.29, 0.717) is 5.75 Å². The molecule has 0 aliphatic carbocycles. The number of halogens is 1. The number of nitrogens with zero attached hydrogens (tertiary/aromatic N) is 1. The summed E-state index contributed by atoms with van der Waals surface area (Å²) in [5.74, 6) is 1.19. The number of ether oxygens (including phenoxy) is 1. The fourth-order valence-electron chi connectivity index (χ4n) is 4.11. The zero-order valence-corrected chi connectivity index (χ0v) is 16.5. The Bertz CT molecular complexity index is 770. The van der Waals surface area contributed by atoms with Gasteiger partial charge in [0.2, 0.25) is 0 Å². The van der Waals surface area contributed by atoms with Gasteiger partial charge in [-0.2, -0.15) is 0 Å². The average Bonchev–Trinajstić information content (AvgIpc) is 3.01. The number of aryl methyl sites for hydroxylation is 1. The first-order valence-corrected chi connectivity index (χ1v) is 9.48. The molecule has 1 unspecified atom stereocenters. The molecule has 2 aliphatic rings. The molecule has 1 atom stereocenters. The molecule has 0 spiro atoms. The molecule has 0 saturated carbocycles. The van der Waals surface area contributed by atoms with E-state index in [1.807, 2.05) is 6.07 Å². The normalized spacial score (nSPS) is 21.2. The molecule has 4 rings (SSSR count). The topological polar surface area (TPSA) is 52.9 Å². The van der Waals surface area contributed by atoms with Gasteiger partial charge in [-0.15, -0.1) is 12.4 Å². The second-order valence-corrected chi connectivity index (χ2v) is 7.92. The maximum absolute atomic E-state index is 11.0. The predicted octanol–water partition coefficient (Wildman–Crippen LogP) is 3.50. The molecule has 27 heavy (non-hydrogen) atoms. The smallest absolute Gasteiger partial charge is 0.123 e. The van der Waals surface area contributed by atoms with Gasteiger partial charge in [0.1, 0.15) is 17.6 Å². The van der Waals surface area contributed by atoms with E-state index in [4.69, 9.17) is 4.74 Å². The third-order valence-corrected chi connectivity index (χ3v) is 5.69. The summed E-state index contributed by atoms with van der Waals surface area (Å²) in [5, 5.41) is 20.6. The Hall–Kier alpha value is -1.75. The number of aliphatic hydroxyl groups is 1. The van der Waals surface area contributed by atoms with Gasteiger partial charge in [0.25, 0.3) is 0 Å². The van der Waals surface area contributed by atoms with E-state index in [-0.39, 0.29) is 18.5 Å². The van der Waals surface area contributed by atoms with Crippen molar-refractivity contribution in [3.05, 3.63) is 59.2 Å². The third-order valence-electron chi connectivity index (χ3n) is 5.69. The molecule has 2 aliphatic heterocycles. The zero-order valence-electron chi connectivity index (χ0n) is 15.7. The number of hydrogen-bond donors (Lipinski definition) is 2. The molecule has 146 valence electrons. The van der Waals surface area contributed by atoms with Crippen molar-refractivity contribution in [2.24, 2.45) is 0 Å². The maximum Gasteiger partial charge on any atom is 0.123 e. The van der Waals surface area contributed by atoms with E-state index < -0.39 is 5.60 Å². The fourth-order valence-corrected chi connectivity index (χ4v) is 4.11. The minimum Gasteiger partial charge on any atom is -0.508 e. The maximum atomic E-state index is 11.0. The largest absolute Gasteiger partial charge is 0.508 e. The van der Waals surface area contributed by atoms with Crippen molar-refractivity contribution >= 4 is 12.4 Å². The molecule has 1 fully saturated rings. The lowest BCUT2D eigenvalue weighted by Gasteiger charge is -2.39. The molecule has 2 N–H and O–H groups in total. The van der Waals surface area contributed by atoms with Crippen molar-refractivity contribution in [3.8, 4) is 11.5 Å². The molecule has 0 amide bonds. The number of hydrogen-bond acceptors (Lipinski definition) is 4. The summed E-state index contributed by atoms with van der Waals surface area (Å²) in [7, 11) is 0. The molecular formula is C22H28ClNO3. The Morgan fingerprint density at radius 3 is 2.52 bits per heavy atom. The number of likely N-dealkylation sites (tertiary alicyclic amines) is 1. The molecule has 1 saturated heterocycles. The molecule has 2 aromatic rings. The minimum absolute atomic E-state index is 0. The Morgan fingerprint density at radius 2 is 1.81 bits per heavy atom. The van der Waals surface area contributed by atoms with Gasteiger partial charge in [-0.05, 0) is 43.5 Å². The van der Waals surface area contributed by atoms with Crippen LogP contribution in [0.3, 0.4) is 0 Å². The van der Waals surface area contributed by atoms with Gasteiger partial charge in [0, 0.05) is 38.0 Å². The summed E-state index contributed by atoms with van der Waals surface area (Å²) in [5.41, 5.74) is 2.95. The van der Waals surface area contributed by atoms with Crippen LogP contribution in [0.25, 0.3) is 0 Å². The van der Waals surface area contributed by atoms with E-state index in [1.54, 1.807) is 12.1 Å². The Morgan fingerprint density at radius 1 is 1.11 bits per heavy atom. The highest BCUT2D eigenvalue weighted by atomic mass is 35.5. The molecule has 5 heteroatoms. The molecular weight excluding hydrogens is 362 g/mol. The van der Waals surface area contributed by atoms with Gasteiger partial charge in [-0.1, -0.05) is 29.8 Å². The van der Waals surface area contributed by atoms with Crippen LogP contribution >= 0.6 is 12.4 Å². The van der Waals surface area contributed by atoms with Crippen LogP contribution < -0.4 is 4.74 Å². The van der Waals surface area contributed by atoms with Gasteiger partial charge in [0.05, 0.1) is 5.60 Å². The summed E-state index contributed by atoms with van der Waals surface area (Å²) in [6.45, 7) is 4.74. The second-order valence-electron chi connectivity index (χ2n) is 7.92. The standard InChI is InChI=1S/C22H27NO3.ClH/c1-16-2-4-17(5-3-16)14-22(25)8-10-23(11-9-22)15-20-13-18-12-19(24)6-7-21(18)26-20;/h2-7,12,20,24-25H,8-11,13-15H2,1H3;1H. The van der Waals surface area contributed by atoms with Gasteiger partial charge >= 0.3 is 0 Å². The number of fused-ring (bicyclic) bond motifs is 1. The van der Waals surface area contributed by atoms with Crippen molar-refractivity contribution in [3.63, 3.8) is 0 Å². The summed E-state index contributed by atoms with van der Waals surface area (Å²) in [6.07, 6.45) is 3.29. The number of aromatic hydroxyl groups is 1. The van der Waals surface area contributed by atoms with Gasteiger partial charge < -0.3 is 14.9 Å². The summed E-state index contributed by atoms with van der Waals surface area (Å²) in [4.78, 5) is 2.39. The first-order valence-electron chi connectivity index (χ1n) is 9.48. The first kappa shape index (κ1) is 20.0. The Kier molecular flexibility index (Phi) is 5.99. The average molecular weight is 390 g/mol. The number of phenolic OH excluding ortho intramolecular Hbond substituents is 1. The monoisotopic (exact) mass is 389 g/mol. The van der Waals surface area contributed by atoms with Crippen LogP contribution in [-0.2, 0) is 12.8 Å². The number of benzene rings is 2. The zero-order chi connectivity index (χ0) is 18.1. The van der Waals surface area contributed by atoms with Crippen molar-refractivity contribution in [2.75, 3.05) is 19.6 Å². The highest BCUT2D eigenvalue weighted by molar-refractivity contribution is 5.85. The number of phenols is 1. The van der Waals surface area contributed by atoms with Crippen LogP contribution in [0.1, 0.15) is 29.5 Å². The van der Waals surface area contributed by atoms with E-state index >= 15 is 0 Å². The summed E-state index contributed by atoms with van der Waals surface area (Å²) < 4.78 is 6.01. The van der Waals surface area contributed by atoms with Gasteiger partial charge in [-0.3, -0.25) is 4.90 Å².